The maximum atomic E-state index is 13.1. The number of methoxy groups -OCH3 is 1. The van der Waals surface area contributed by atoms with E-state index >= 15 is 0 Å². The molecular weight excluding hydrogens is 380 g/mol. The summed E-state index contributed by atoms with van der Waals surface area (Å²) in [5.74, 6) is 2.26. The Morgan fingerprint density at radius 1 is 1.27 bits per heavy atom. The number of para-hydroxylation sites is 1. The van der Waals surface area contributed by atoms with Gasteiger partial charge in [0.1, 0.15) is 24.1 Å². The summed E-state index contributed by atoms with van der Waals surface area (Å²) in [5.41, 5.74) is 2.96. The summed E-state index contributed by atoms with van der Waals surface area (Å²) in [7, 11) is 1.67. The number of amides is 1. The number of ether oxygens (including phenoxy) is 1. The van der Waals surface area contributed by atoms with Gasteiger partial charge in [-0.2, -0.15) is 5.10 Å². The van der Waals surface area contributed by atoms with Crippen molar-refractivity contribution in [2.45, 2.75) is 52.1 Å². The lowest BCUT2D eigenvalue weighted by atomic mass is 10.0. The van der Waals surface area contributed by atoms with Crippen molar-refractivity contribution < 1.29 is 13.9 Å². The Morgan fingerprint density at radius 3 is 2.87 bits per heavy atom. The fourth-order valence-electron chi connectivity index (χ4n) is 4.14. The molecule has 1 aliphatic rings. The number of piperidine rings is 1. The van der Waals surface area contributed by atoms with Crippen molar-refractivity contribution in [3.8, 4) is 5.75 Å². The van der Waals surface area contributed by atoms with Gasteiger partial charge in [-0.1, -0.05) is 18.2 Å². The first kappa shape index (κ1) is 20.2. The van der Waals surface area contributed by atoms with Gasteiger partial charge in [-0.05, 0) is 45.2 Å². The molecule has 1 atom stereocenters. The second-order valence-electron chi connectivity index (χ2n) is 7.84. The number of benzene rings is 1. The summed E-state index contributed by atoms with van der Waals surface area (Å²) >= 11 is 0. The van der Waals surface area contributed by atoms with Crippen LogP contribution in [0.3, 0.4) is 0 Å². The predicted octanol–water partition coefficient (Wildman–Crippen LogP) is 3.84. The number of nitrogens with zero attached hydrogens (tertiary/aromatic N) is 4. The minimum Gasteiger partial charge on any atom is -0.496 e. The first-order valence-corrected chi connectivity index (χ1v) is 10.4. The van der Waals surface area contributed by atoms with Gasteiger partial charge in [0, 0.05) is 24.2 Å². The predicted molar refractivity (Wildman–Crippen MR) is 112 cm³/mol. The van der Waals surface area contributed by atoms with Gasteiger partial charge in [0.2, 0.25) is 11.8 Å². The standard InChI is InChI=1S/C23H28N4O3/c1-16-12-17(2)27(25-16)15-22(28)26-11-7-6-9-20(26)23-24-14-19(30-23)13-18-8-4-5-10-21(18)29-3/h4-5,8,10,12,14,20H,6-7,9,11,13,15H2,1-3H3/t20-/m0/s1. The highest BCUT2D eigenvalue weighted by Gasteiger charge is 2.31. The molecule has 1 fully saturated rings. The fraction of sp³-hybridized carbons (Fsp3) is 0.435. The van der Waals surface area contributed by atoms with Gasteiger partial charge in [0.15, 0.2) is 0 Å². The minimum absolute atomic E-state index is 0.0513. The van der Waals surface area contributed by atoms with E-state index in [0.29, 0.717) is 18.9 Å². The van der Waals surface area contributed by atoms with Crippen LogP contribution in [0.15, 0.2) is 40.9 Å². The van der Waals surface area contributed by atoms with Crippen molar-refractivity contribution in [1.82, 2.24) is 19.7 Å². The lowest BCUT2D eigenvalue weighted by Crippen LogP contribution is -2.40. The molecule has 1 aromatic carbocycles. The van der Waals surface area contributed by atoms with E-state index in [1.165, 1.54) is 0 Å². The molecule has 3 aromatic rings. The number of likely N-dealkylation sites (tertiary alicyclic amines) is 1. The van der Waals surface area contributed by atoms with Crippen LogP contribution in [-0.2, 0) is 17.8 Å². The molecule has 7 heteroatoms. The molecule has 0 bridgehead atoms. The van der Waals surface area contributed by atoms with E-state index in [2.05, 4.69) is 10.1 Å². The van der Waals surface area contributed by atoms with Gasteiger partial charge in [0.05, 0.1) is 19.0 Å². The van der Waals surface area contributed by atoms with E-state index in [0.717, 1.165) is 47.7 Å². The van der Waals surface area contributed by atoms with Crippen LogP contribution in [-0.4, -0.2) is 39.2 Å². The van der Waals surface area contributed by atoms with Crippen molar-refractivity contribution >= 4 is 5.91 Å². The van der Waals surface area contributed by atoms with E-state index in [1.54, 1.807) is 18.0 Å². The zero-order chi connectivity index (χ0) is 21.1. The molecule has 7 nitrogen and oxygen atoms in total. The monoisotopic (exact) mass is 408 g/mol. The number of oxazole rings is 1. The van der Waals surface area contributed by atoms with Crippen LogP contribution in [0.5, 0.6) is 5.75 Å². The van der Waals surface area contributed by atoms with Crippen LogP contribution in [0.2, 0.25) is 0 Å². The average Bonchev–Trinajstić information content (AvgIpc) is 3.34. The molecule has 158 valence electrons. The van der Waals surface area contributed by atoms with Crippen LogP contribution in [0.4, 0.5) is 0 Å². The SMILES string of the molecule is COc1ccccc1Cc1cnc([C@@H]2CCCCN2C(=O)Cn2nc(C)cc2C)o1. The van der Waals surface area contributed by atoms with Gasteiger partial charge in [0.25, 0.3) is 0 Å². The third-order valence-corrected chi connectivity index (χ3v) is 5.63. The number of rotatable bonds is 6. The molecule has 2 aromatic heterocycles. The molecule has 0 spiro atoms. The Kier molecular flexibility index (Phi) is 5.88. The van der Waals surface area contributed by atoms with E-state index in [9.17, 15) is 4.79 Å². The second-order valence-corrected chi connectivity index (χ2v) is 7.84. The summed E-state index contributed by atoms with van der Waals surface area (Å²) in [6, 6.07) is 9.74. The largest absolute Gasteiger partial charge is 0.496 e. The van der Waals surface area contributed by atoms with Crippen LogP contribution in [0.1, 0.15) is 53.9 Å². The Balaban J connectivity index is 1.50. The maximum Gasteiger partial charge on any atom is 0.244 e. The average molecular weight is 409 g/mol. The van der Waals surface area contributed by atoms with E-state index < -0.39 is 0 Å². The summed E-state index contributed by atoms with van der Waals surface area (Å²) in [6.07, 6.45) is 5.27. The zero-order valence-electron chi connectivity index (χ0n) is 17.8. The molecule has 1 amide bonds. The number of carbonyl (C=O) groups is 1. The summed E-state index contributed by atoms with van der Waals surface area (Å²) in [5, 5.41) is 4.43. The van der Waals surface area contributed by atoms with Crippen LogP contribution < -0.4 is 4.74 Å². The maximum absolute atomic E-state index is 13.1. The van der Waals surface area contributed by atoms with Crippen molar-refractivity contribution in [3.63, 3.8) is 0 Å². The Morgan fingerprint density at radius 2 is 2.10 bits per heavy atom. The van der Waals surface area contributed by atoms with Gasteiger partial charge in [-0.25, -0.2) is 4.98 Å². The number of carbonyl (C=O) groups excluding carboxylic acids is 1. The number of aromatic nitrogens is 3. The molecule has 1 aliphatic heterocycles. The summed E-state index contributed by atoms with van der Waals surface area (Å²) in [4.78, 5) is 19.5. The van der Waals surface area contributed by atoms with Gasteiger partial charge < -0.3 is 14.1 Å². The first-order chi connectivity index (χ1) is 14.5. The van der Waals surface area contributed by atoms with Crippen molar-refractivity contribution in [3.05, 3.63) is 65.1 Å². The summed E-state index contributed by atoms with van der Waals surface area (Å²) in [6.45, 7) is 4.87. The second kappa shape index (κ2) is 8.73. The zero-order valence-corrected chi connectivity index (χ0v) is 17.8. The first-order valence-electron chi connectivity index (χ1n) is 10.4. The van der Waals surface area contributed by atoms with Crippen molar-refractivity contribution in [1.29, 1.82) is 0 Å². The highest BCUT2D eigenvalue weighted by Crippen LogP contribution is 2.32. The highest BCUT2D eigenvalue weighted by atomic mass is 16.5. The topological polar surface area (TPSA) is 73.4 Å². The quantitative estimate of drug-likeness (QED) is 0.620. The van der Waals surface area contributed by atoms with E-state index in [-0.39, 0.29) is 18.5 Å². The third-order valence-electron chi connectivity index (χ3n) is 5.63. The molecule has 0 N–H and O–H groups in total. The third kappa shape index (κ3) is 4.25. The fourth-order valence-corrected chi connectivity index (χ4v) is 4.14. The van der Waals surface area contributed by atoms with Crippen molar-refractivity contribution in [2.75, 3.05) is 13.7 Å². The van der Waals surface area contributed by atoms with Crippen LogP contribution >= 0.6 is 0 Å². The molecule has 0 unspecified atom stereocenters. The van der Waals surface area contributed by atoms with Crippen LogP contribution in [0.25, 0.3) is 0 Å². The molecule has 4 rings (SSSR count). The number of aryl methyl sites for hydroxylation is 2. The smallest absolute Gasteiger partial charge is 0.244 e. The number of hydrogen-bond donors (Lipinski definition) is 0. The van der Waals surface area contributed by atoms with E-state index in [1.807, 2.05) is 49.1 Å². The molecule has 0 saturated carbocycles. The Labute approximate surface area is 176 Å². The van der Waals surface area contributed by atoms with Crippen LogP contribution in [0, 0.1) is 13.8 Å². The molecule has 3 heterocycles. The normalized spacial score (nSPS) is 16.6. The molecule has 30 heavy (non-hydrogen) atoms. The lowest BCUT2D eigenvalue weighted by molar-refractivity contribution is -0.136. The minimum atomic E-state index is -0.130. The van der Waals surface area contributed by atoms with E-state index in [4.69, 9.17) is 9.15 Å². The Bertz CT molecular complexity index is 1020. The molecule has 1 saturated heterocycles. The van der Waals surface area contributed by atoms with Gasteiger partial charge in [-0.15, -0.1) is 0 Å². The highest BCUT2D eigenvalue weighted by molar-refractivity contribution is 5.76. The number of hydrogen-bond acceptors (Lipinski definition) is 5. The van der Waals surface area contributed by atoms with Crippen molar-refractivity contribution in [2.24, 2.45) is 0 Å². The van der Waals surface area contributed by atoms with Gasteiger partial charge >= 0.3 is 0 Å². The lowest BCUT2D eigenvalue weighted by Gasteiger charge is -2.33. The Hall–Kier alpha value is -3.09. The molecule has 0 radical (unpaired) electrons. The molecule has 0 aliphatic carbocycles. The molecular formula is C23H28N4O3. The summed E-state index contributed by atoms with van der Waals surface area (Å²) < 4.78 is 13.3. The van der Waals surface area contributed by atoms with Gasteiger partial charge in [-0.3, -0.25) is 9.48 Å².